The fourth-order valence-corrected chi connectivity index (χ4v) is 6.19. The molecule has 0 aliphatic carbocycles. The third kappa shape index (κ3) is 2.46. The van der Waals surface area contributed by atoms with Crippen LogP contribution in [0.25, 0.3) is 0 Å². The van der Waals surface area contributed by atoms with Gasteiger partial charge in [-0.3, -0.25) is 0 Å². The molecule has 1 atom stereocenters. The maximum absolute atomic E-state index is 12.7. The first-order chi connectivity index (χ1) is 8.48. The average molecular weight is 308 g/mol. The van der Waals surface area contributed by atoms with Crippen LogP contribution in [0.1, 0.15) is 36.6 Å². The Kier molecular flexibility index (Phi) is 4.36. The second kappa shape index (κ2) is 5.49. The minimum atomic E-state index is -3.38. The van der Waals surface area contributed by atoms with Crippen LogP contribution < -0.4 is 0 Å². The Morgan fingerprint density at radius 2 is 2.22 bits per heavy atom. The fourth-order valence-electron chi connectivity index (χ4n) is 2.47. The van der Waals surface area contributed by atoms with Gasteiger partial charge in [-0.15, -0.1) is 22.9 Å². The standard InChI is InChI=1S/C12H18ClNO2S2/c1-9-8-17-11(7-13)12(9)18(15,16)14-6-4-3-5-10(14)2/h8,10H,3-7H2,1-2H3. The van der Waals surface area contributed by atoms with Crippen molar-refractivity contribution in [1.82, 2.24) is 4.31 Å². The molecule has 102 valence electrons. The molecule has 2 rings (SSSR count). The zero-order valence-corrected chi connectivity index (χ0v) is 13.0. The number of nitrogens with zero attached hydrogens (tertiary/aromatic N) is 1. The number of alkyl halides is 1. The Balaban J connectivity index is 2.44. The van der Waals surface area contributed by atoms with Crippen molar-refractivity contribution in [2.75, 3.05) is 6.54 Å². The molecule has 0 N–H and O–H groups in total. The van der Waals surface area contributed by atoms with E-state index in [2.05, 4.69) is 0 Å². The predicted octanol–water partition coefficient (Wildman–Crippen LogP) is 3.36. The van der Waals surface area contributed by atoms with Gasteiger partial charge in [0.15, 0.2) is 0 Å². The molecule has 0 radical (unpaired) electrons. The summed E-state index contributed by atoms with van der Waals surface area (Å²) < 4.78 is 27.1. The molecule has 6 heteroatoms. The number of aryl methyl sites for hydroxylation is 1. The van der Waals surface area contributed by atoms with Crippen LogP contribution in [0.3, 0.4) is 0 Å². The smallest absolute Gasteiger partial charge is 0.207 e. The summed E-state index contributed by atoms with van der Waals surface area (Å²) in [5, 5.41) is 1.87. The molecule has 0 spiro atoms. The maximum Gasteiger partial charge on any atom is 0.244 e. The van der Waals surface area contributed by atoms with Gasteiger partial charge in [0.05, 0.1) is 5.88 Å². The van der Waals surface area contributed by atoms with Gasteiger partial charge in [0.25, 0.3) is 0 Å². The molecule has 18 heavy (non-hydrogen) atoms. The van der Waals surface area contributed by atoms with Crippen molar-refractivity contribution in [3.8, 4) is 0 Å². The van der Waals surface area contributed by atoms with Crippen molar-refractivity contribution in [3.05, 3.63) is 15.8 Å². The van der Waals surface area contributed by atoms with Gasteiger partial charge >= 0.3 is 0 Å². The van der Waals surface area contributed by atoms with Gasteiger partial charge < -0.3 is 0 Å². The van der Waals surface area contributed by atoms with Crippen molar-refractivity contribution in [2.24, 2.45) is 0 Å². The lowest BCUT2D eigenvalue weighted by Crippen LogP contribution is -2.42. The molecule has 0 saturated carbocycles. The molecule has 1 aromatic rings. The van der Waals surface area contributed by atoms with Gasteiger partial charge in [0, 0.05) is 17.5 Å². The third-order valence-electron chi connectivity index (χ3n) is 3.42. The monoisotopic (exact) mass is 307 g/mol. The number of piperidine rings is 1. The average Bonchev–Trinajstić information content (AvgIpc) is 2.71. The summed E-state index contributed by atoms with van der Waals surface area (Å²) in [7, 11) is -3.38. The lowest BCUT2D eigenvalue weighted by Gasteiger charge is -2.32. The summed E-state index contributed by atoms with van der Waals surface area (Å²) in [5.74, 6) is 0.259. The van der Waals surface area contributed by atoms with E-state index in [1.165, 1.54) is 11.3 Å². The van der Waals surface area contributed by atoms with E-state index in [4.69, 9.17) is 11.6 Å². The number of hydrogen-bond donors (Lipinski definition) is 0. The SMILES string of the molecule is Cc1csc(CCl)c1S(=O)(=O)N1CCCCC1C. The molecular weight excluding hydrogens is 290 g/mol. The Morgan fingerprint density at radius 3 is 2.83 bits per heavy atom. The van der Waals surface area contributed by atoms with Gasteiger partial charge in [-0.2, -0.15) is 4.31 Å². The molecule has 1 aromatic heterocycles. The normalized spacial score (nSPS) is 22.3. The summed E-state index contributed by atoms with van der Waals surface area (Å²) in [4.78, 5) is 1.20. The fraction of sp³-hybridized carbons (Fsp3) is 0.667. The first-order valence-electron chi connectivity index (χ1n) is 6.13. The molecule has 3 nitrogen and oxygen atoms in total. The minimum absolute atomic E-state index is 0.0891. The zero-order chi connectivity index (χ0) is 13.3. The molecule has 2 heterocycles. The highest BCUT2D eigenvalue weighted by atomic mass is 35.5. The second-order valence-corrected chi connectivity index (χ2v) is 7.82. The van der Waals surface area contributed by atoms with Crippen LogP contribution in [-0.4, -0.2) is 25.3 Å². The number of rotatable bonds is 3. The Hall–Kier alpha value is -0.100. The van der Waals surface area contributed by atoms with Crippen molar-refractivity contribution < 1.29 is 8.42 Å². The van der Waals surface area contributed by atoms with Crippen LogP contribution in [0, 0.1) is 6.92 Å². The molecule has 1 unspecified atom stereocenters. The first kappa shape index (κ1) is 14.3. The molecule has 1 saturated heterocycles. The maximum atomic E-state index is 12.7. The van der Waals surface area contributed by atoms with Crippen LogP contribution in [0.4, 0.5) is 0 Å². The molecule has 1 fully saturated rings. The van der Waals surface area contributed by atoms with Gasteiger partial charge in [0.1, 0.15) is 4.90 Å². The number of sulfonamides is 1. The van der Waals surface area contributed by atoms with Crippen LogP contribution in [0.5, 0.6) is 0 Å². The Labute approximate surface area is 118 Å². The molecule has 0 bridgehead atoms. The first-order valence-corrected chi connectivity index (χ1v) is 8.98. The van der Waals surface area contributed by atoms with Crippen LogP contribution in [0.15, 0.2) is 10.3 Å². The van der Waals surface area contributed by atoms with E-state index in [1.807, 2.05) is 19.2 Å². The highest BCUT2D eigenvalue weighted by Crippen LogP contribution is 2.33. The quantitative estimate of drug-likeness (QED) is 0.803. The van der Waals surface area contributed by atoms with Gasteiger partial charge in [-0.05, 0) is 37.6 Å². The van der Waals surface area contributed by atoms with Crippen molar-refractivity contribution in [3.63, 3.8) is 0 Å². The minimum Gasteiger partial charge on any atom is -0.207 e. The topological polar surface area (TPSA) is 37.4 Å². The van der Waals surface area contributed by atoms with Crippen LogP contribution in [-0.2, 0) is 15.9 Å². The van der Waals surface area contributed by atoms with Crippen molar-refractivity contribution in [2.45, 2.75) is 49.9 Å². The summed E-state index contributed by atoms with van der Waals surface area (Å²) in [6.45, 7) is 4.45. The number of hydrogen-bond acceptors (Lipinski definition) is 3. The number of thiophene rings is 1. The largest absolute Gasteiger partial charge is 0.244 e. The number of halogens is 1. The van der Waals surface area contributed by atoms with Gasteiger partial charge in [0.2, 0.25) is 10.0 Å². The molecule has 0 aromatic carbocycles. The lowest BCUT2D eigenvalue weighted by molar-refractivity contribution is 0.268. The molecular formula is C12H18ClNO2S2. The Bertz CT molecular complexity index is 524. The summed E-state index contributed by atoms with van der Waals surface area (Å²) in [6, 6.07) is 0.0891. The van der Waals surface area contributed by atoms with E-state index in [-0.39, 0.29) is 11.9 Å². The van der Waals surface area contributed by atoms with Crippen molar-refractivity contribution in [1.29, 1.82) is 0 Å². The van der Waals surface area contributed by atoms with Gasteiger partial charge in [-0.1, -0.05) is 6.42 Å². The van der Waals surface area contributed by atoms with E-state index in [1.54, 1.807) is 4.31 Å². The van der Waals surface area contributed by atoms with E-state index in [0.717, 1.165) is 29.7 Å². The lowest BCUT2D eigenvalue weighted by atomic mass is 10.1. The van der Waals surface area contributed by atoms with Gasteiger partial charge in [-0.25, -0.2) is 8.42 Å². The highest BCUT2D eigenvalue weighted by molar-refractivity contribution is 7.89. The van der Waals surface area contributed by atoms with Crippen LogP contribution >= 0.6 is 22.9 Å². The summed E-state index contributed by atoms with van der Waals surface area (Å²) in [5.41, 5.74) is 0.813. The summed E-state index contributed by atoms with van der Waals surface area (Å²) >= 11 is 7.28. The summed E-state index contributed by atoms with van der Waals surface area (Å²) in [6.07, 6.45) is 3.00. The second-order valence-electron chi connectivity index (χ2n) is 4.77. The molecule has 1 aliphatic heterocycles. The molecule has 1 aliphatic rings. The zero-order valence-electron chi connectivity index (χ0n) is 10.6. The Morgan fingerprint density at radius 1 is 1.50 bits per heavy atom. The van der Waals surface area contributed by atoms with Crippen molar-refractivity contribution >= 4 is 33.0 Å². The van der Waals surface area contributed by atoms with E-state index < -0.39 is 10.0 Å². The van der Waals surface area contributed by atoms with E-state index >= 15 is 0 Å². The van der Waals surface area contributed by atoms with E-state index in [0.29, 0.717) is 11.4 Å². The van der Waals surface area contributed by atoms with Crippen LogP contribution in [0.2, 0.25) is 0 Å². The third-order valence-corrected chi connectivity index (χ3v) is 7.32. The predicted molar refractivity (Wildman–Crippen MR) is 75.8 cm³/mol. The van der Waals surface area contributed by atoms with E-state index in [9.17, 15) is 8.42 Å². The molecule has 0 amide bonds. The highest BCUT2D eigenvalue weighted by Gasteiger charge is 2.34.